The summed E-state index contributed by atoms with van der Waals surface area (Å²) in [5.74, 6) is 1.07. The summed E-state index contributed by atoms with van der Waals surface area (Å²) in [5, 5.41) is 15.2. The molecule has 4 aromatic heterocycles. The van der Waals surface area contributed by atoms with Crippen molar-refractivity contribution in [2.75, 3.05) is 33.3 Å². The second-order valence-corrected chi connectivity index (χ2v) is 31.7. The van der Waals surface area contributed by atoms with Gasteiger partial charge in [-0.25, -0.2) is 19.9 Å². The van der Waals surface area contributed by atoms with Crippen molar-refractivity contribution in [2.24, 2.45) is 23.7 Å². The molecule has 2 aliphatic heterocycles. The molecule has 0 unspecified atom stereocenters. The molecule has 518 valence electrons. The minimum atomic E-state index is -0.915. The Hall–Kier alpha value is -8.74. The number of hydrogen-bond acceptors (Lipinski definition) is 13. The number of benzene rings is 4. The molecule has 18 heteroatoms. The van der Waals surface area contributed by atoms with Crippen LogP contribution in [0.2, 0.25) is 0 Å². The molecule has 12 rings (SSSR count). The number of carboxylic acids is 1. The molecule has 2 saturated carbocycles. The Labute approximate surface area is 590 Å². The number of carboxylic acid groups (broad SMARTS) is 1. The Balaban J connectivity index is 0.000000200. The number of hydrogen-bond donors (Lipinski definition) is 3. The summed E-state index contributed by atoms with van der Waals surface area (Å²) in [6.07, 6.45) is 21.0. The molecule has 0 radical (unpaired) electrons. The molecule has 4 fully saturated rings. The SMILES string of the molecule is CCC1CCC(c2ccc(-c3cnc(-c4ccc(C[C@H](NC(=O)c5ccc(C(C)(C)C)s5)C(=O)N5CC(C(=O)O)C5)cc4)nc3)cc2)CC1.CCC1CCC(c2ccc(-c3cnc(-c4ccc(C[C@H](NC(=O)c5ccc(C(C)(C)C)s5)C(=O)N5CC(C(=O)OC)C5)cc4)nc3)cc2)CC1. The number of aliphatic carboxylic acids is 1. The van der Waals surface area contributed by atoms with E-state index in [1.165, 1.54) is 110 Å². The number of likely N-dealkylation sites (tertiary alicyclic amines) is 2. The topological polar surface area (TPSA) is 214 Å². The van der Waals surface area contributed by atoms with Crippen molar-refractivity contribution in [2.45, 2.75) is 167 Å². The highest BCUT2D eigenvalue weighted by molar-refractivity contribution is 7.14. The third-order valence-corrected chi connectivity index (χ3v) is 23.5. The van der Waals surface area contributed by atoms with E-state index in [-0.39, 0.29) is 78.9 Å². The lowest BCUT2D eigenvalue weighted by Gasteiger charge is -2.39. The Kier molecular flexibility index (Phi) is 22.9. The van der Waals surface area contributed by atoms with Crippen molar-refractivity contribution >= 4 is 58.2 Å². The number of amides is 4. The summed E-state index contributed by atoms with van der Waals surface area (Å²) in [6.45, 7) is 18.0. The zero-order chi connectivity index (χ0) is 70.1. The third-order valence-electron chi connectivity index (χ3n) is 20.5. The molecule has 0 bridgehead atoms. The van der Waals surface area contributed by atoms with Crippen molar-refractivity contribution in [1.29, 1.82) is 0 Å². The molecular weight excluding hydrogens is 1280 g/mol. The van der Waals surface area contributed by atoms with Gasteiger partial charge in [-0.15, -0.1) is 22.7 Å². The minimum Gasteiger partial charge on any atom is -0.481 e. The first-order chi connectivity index (χ1) is 47.5. The van der Waals surface area contributed by atoms with Crippen molar-refractivity contribution in [3.05, 3.63) is 188 Å². The monoisotopic (exact) mass is 1370 g/mol. The summed E-state index contributed by atoms with van der Waals surface area (Å²) in [5.41, 5.74) is 10.3. The van der Waals surface area contributed by atoms with Gasteiger partial charge in [-0.2, -0.15) is 0 Å². The maximum Gasteiger partial charge on any atom is 0.312 e. The lowest BCUT2D eigenvalue weighted by molar-refractivity contribution is -0.157. The van der Waals surface area contributed by atoms with Crippen LogP contribution >= 0.6 is 22.7 Å². The van der Waals surface area contributed by atoms with Crippen LogP contribution in [0.15, 0.2) is 146 Å². The normalized spacial score (nSPS) is 18.7. The number of esters is 1. The number of carbonyl (C=O) groups excluding carboxylic acids is 5. The average Bonchev–Trinajstić information content (AvgIpc) is 1.07. The van der Waals surface area contributed by atoms with Crippen molar-refractivity contribution in [1.82, 2.24) is 40.4 Å². The highest BCUT2D eigenvalue weighted by Crippen LogP contribution is 2.40. The van der Waals surface area contributed by atoms with Crippen molar-refractivity contribution < 1.29 is 38.6 Å². The van der Waals surface area contributed by atoms with E-state index in [1.807, 2.05) is 91.5 Å². The van der Waals surface area contributed by atoms with Crippen LogP contribution in [0.4, 0.5) is 0 Å². The molecule has 99 heavy (non-hydrogen) atoms. The molecule has 16 nitrogen and oxygen atoms in total. The first kappa shape index (κ1) is 71.5. The summed E-state index contributed by atoms with van der Waals surface area (Å²) >= 11 is 2.86. The van der Waals surface area contributed by atoms with E-state index in [4.69, 9.17) is 4.74 Å². The standard InChI is InChI=1S/C41H48N4O4S.C40H46N4O4S/c1-6-26-7-11-28(12-8-26)29-15-17-30(18-16-29)32-22-42-37(43-23-32)31-13-9-27(10-14-31)21-34(39(47)45-24-33(25-45)40(48)49-5)44-38(46)35-19-20-36(50-35)41(2,3)4;1-5-25-6-10-27(11-7-25)28-14-16-29(17-15-28)31-21-41-36(42-22-31)30-12-8-26(9-13-30)20-33(38(46)44-23-32(24-44)39(47)48)43-37(45)34-18-19-35(49-34)40(2,3)4/h9-10,13-20,22-23,26,28,33-34H,6-8,11-12,21,24-25H2,1-5H3,(H,44,46);8-9,12-19,21-22,25,27,32-33H,5-7,10-11,20,23-24H2,1-4H3,(H,43,45)(H,47,48)/t26?,28?,34-;25?,27?,33-/m00/s1. The van der Waals surface area contributed by atoms with Gasteiger partial charge in [-0.05, 0) is 144 Å². The number of aromatic nitrogens is 4. The molecule has 3 N–H and O–H groups in total. The maximum absolute atomic E-state index is 13.6. The van der Waals surface area contributed by atoms with Crippen LogP contribution < -0.4 is 10.6 Å². The Morgan fingerprint density at radius 3 is 1.13 bits per heavy atom. The predicted octanol–water partition coefficient (Wildman–Crippen LogP) is 15.6. The van der Waals surface area contributed by atoms with E-state index in [0.29, 0.717) is 39.7 Å². The van der Waals surface area contributed by atoms with Gasteiger partial charge in [0.15, 0.2) is 11.6 Å². The zero-order valence-corrected chi connectivity index (χ0v) is 60.2. The van der Waals surface area contributed by atoms with Crippen LogP contribution in [0.1, 0.15) is 183 Å². The molecule has 0 spiro atoms. The molecule has 2 aliphatic carbocycles. The first-order valence-corrected chi connectivity index (χ1v) is 36.9. The van der Waals surface area contributed by atoms with E-state index in [0.717, 1.165) is 66.1 Å². The van der Waals surface area contributed by atoms with Gasteiger partial charge < -0.3 is 30.3 Å². The fourth-order valence-electron chi connectivity index (χ4n) is 13.8. The number of carbonyl (C=O) groups is 6. The third kappa shape index (κ3) is 17.8. The maximum atomic E-state index is 13.6. The van der Waals surface area contributed by atoms with Crippen LogP contribution in [-0.2, 0) is 47.6 Å². The molecule has 8 aromatic rings. The van der Waals surface area contributed by atoms with Crippen molar-refractivity contribution in [3.63, 3.8) is 0 Å². The highest BCUT2D eigenvalue weighted by Gasteiger charge is 2.41. The van der Waals surface area contributed by atoms with Gasteiger partial charge in [0.2, 0.25) is 11.8 Å². The van der Waals surface area contributed by atoms with Gasteiger partial charge in [0.05, 0.1) is 28.7 Å². The number of methoxy groups -OCH3 is 1. The van der Waals surface area contributed by atoms with E-state index in [1.54, 1.807) is 11.0 Å². The van der Waals surface area contributed by atoms with E-state index in [2.05, 4.69) is 134 Å². The number of nitrogens with one attached hydrogen (secondary N) is 2. The van der Waals surface area contributed by atoms with Crippen LogP contribution in [-0.4, -0.2) is 116 Å². The van der Waals surface area contributed by atoms with Gasteiger partial charge in [0.1, 0.15) is 12.1 Å². The molecular formula is C81H94N8O8S2. The lowest BCUT2D eigenvalue weighted by Crippen LogP contribution is -2.59. The van der Waals surface area contributed by atoms with Gasteiger partial charge >= 0.3 is 11.9 Å². The quantitative estimate of drug-likeness (QED) is 0.0608. The molecule has 4 aliphatic rings. The van der Waals surface area contributed by atoms with Crippen molar-refractivity contribution in [3.8, 4) is 45.0 Å². The van der Waals surface area contributed by atoms with Gasteiger partial charge in [-0.3, -0.25) is 28.8 Å². The Bertz CT molecular complexity index is 4070. The van der Waals surface area contributed by atoms with E-state index < -0.39 is 24.0 Å². The number of nitrogens with zero attached hydrogens (tertiary/aromatic N) is 6. The van der Waals surface area contributed by atoms with Crippen LogP contribution in [0.25, 0.3) is 45.0 Å². The zero-order valence-electron chi connectivity index (χ0n) is 58.6. The summed E-state index contributed by atoms with van der Waals surface area (Å²) in [7, 11) is 1.35. The molecule has 4 amide bonds. The second kappa shape index (κ2) is 31.6. The summed E-state index contributed by atoms with van der Waals surface area (Å²) in [4.78, 5) is 102. The minimum absolute atomic E-state index is 0.0801. The second-order valence-electron chi connectivity index (χ2n) is 29.5. The highest BCUT2D eigenvalue weighted by atomic mass is 32.1. The predicted molar refractivity (Wildman–Crippen MR) is 392 cm³/mol. The molecule has 2 saturated heterocycles. The lowest BCUT2D eigenvalue weighted by atomic mass is 9.78. The number of ether oxygens (including phenoxy) is 1. The molecule has 2 atom stereocenters. The fourth-order valence-corrected chi connectivity index (χ4v) is 15.8. The van der Waals surface area contributed by atoms with E-state index in [9.17, 15) is 33.9 Å². The Morgan fingerprint density at radius 2 is 0.818 bits per heavy atom. The van der Waals surface area contributed by atoms with Crippen LogP contribution in [0.3, 0.4) is 0 Å². The number of thiophene rings is 2. The van der Waals surface area contributed by atoms with Gasteiger partial charge in [0, 0.05) is 95.8 Å². The van der Waals surface area contributed by atoms with Gasteiger partial charge in [0.25, 0.3) is 11.8 Å². The number of rotatable bonds is 20. The summed E-state index contributed by atoms with van der Waals surface area (Å²) < 4.78 is 4.84. The molecule has 4 aromatic carbocycles. The average molecular weight is 1370 g/mol. The fraction of sp³-hybridized carbons (Fsp3) is 0.432. The molecule has 6 heterocycles. The van der Waals surface area contributed by atoms with Crippen LogP contribution in [0.5, 0.6) is 0 Å². The first-order valence-electron chi connectivity index (χ1n) is 35.2. The van der Waals surface area contributed by atoms with Crippen LogP contribution in [0, 0.1) is 23.7 Å². The summed E-state index contributed by atoms with van der Waals surface area (Å²) in [6, 6.07) is 39.1. The Morgan fingerprint density at radius 1 is 0.475 bits per heavy atom. The largest absolute Gasteiger partial charge is 0.481 e. The van der Waals surface area contributed by atoms with Gasteiger partial charge in [-0.1, -0.05) is 165 Å². The van der Waals surface area contributed by atoms with E-state index >= 15 is 0 Å². The smallest absolute Gasteiger partial charge is 0.312 e.